The van der Waals surface area contributed by atoms with E-state index in [1.165, 1.54) is 0 Å². The number of nitrogens with one attached hydrogen (secondary N) is 1. The number of methoxy groups -OCH3 is 1. The second-order valence-corrected chi connectivity index (χ2v) is 7.17. The Morgan fingerprint density at radius 3 is 2.54 bits per heavy atom. The molecule has 2 heterocycles. The fraction of sp³-hybridized carbons (Fsp3) is 0.550. The Morgan fingerprint density at radius 1 is 1.21 bits per heavy atom. The summed E-state index contributed by atoms with van der Waals surface area (Å²) in [6.45, 7) is 8.68. The molecular weight excluding hydrogens is 358 g/mol. The molecule has 1 aromatic heterocycles. The molecule has 2 aromatic rings. The summed E-state index contributed by atoms with van der Waals surface area (Å²) in [5.74, 6) is 2.08. The van der Waals surface area contributed by atoms with Gasteiger partial charge >= 0.3 is 0 Å². The number of aromatic nitrogens is 2. The predicted octanol–water partition coefficient (Wildman–Crippen LogP) is 1.78. The maximum atomic E-state index is 12.0. The lowest BCUT2D eigenvalue weighted by molar-refractivity contribution is -0.123. The van der Waals surface area contributed by atoms with E-state index in [1.54, 1.807) is 7.11 Å². The van der Waals surface area contributed by atoms with Crippen LogP contribution in [-0.4, -0.2) is 71.7 Å². The molecule has 3 rings (SSSR count). The van der Waals surface area contributed by atoms with E-state index in [0.717, 1.165) is 43.9 Å². The lowest BCUT2D eigenvalue weighted by Gasteiger charge is -2.33. The molecule has 1 fully saturated rings. The third kappa shape index (κ3) is 5.53. The fourth-order valence-corrected chi connectivity index (χ4v) is 3.10. The summed E-state index contributed by atoms with van der Waals surface area (Å²) in [5.41, 5.74) is 0.872. The Morgan fingerprint density at radius 2 is 1.89 bits per heavy atom. The van der Waals surface area contributed by atoms with Crippen molar-refractivity contribution in [3.63, 3.8) is 0 Å². The van der Waals surface area contributed by atoms with Gasteiger partial charge in [0.05, 0.1) is 20.2 Å². The van der Waals surface area contributed by atoms with Crippen LogP contribution in [0.2, 0.25) is 0 Å². The van der Waals surface area contributed by atoms with Gasteiger partial charge in [-0.3, -0.25) is 14.6 Å². The average Bonchev–Trinajstić information content (AvgIpc) is 3.18. The lowest BCUT2D eigenvalue weighted by Crippen LogP contribution is -2.50. The van der Waals surface area contributed by atoms with Crippen molar-refractivity contribution in [2.75, 3.05) is 39.8 Å². The normalized spacial score (nSPS) is 16.7. The number of benzene rings is 1. The van der Waals surface area contributed by atoms with Crippen LogP contribution in [0, 0.1) is 0 Å². The van der Waals surface area contributed by atoms with E-state index in [2.05, 4.69) is 32.2 Å². The molecular formula is C20H29N5O3. The van der Waals surface area contributed by atoms with Crippen molar-refractivity contribution in [3.05, 3.63) is 30.1 Å². The number of hydrogen-bond acceptors (Lipinski definition) is 7. The summed E-state index contributed by atoms with van der Waals surface area (Å²) in [6.07, 6.45) is 0.947. The van der Waals surface area contributed by atoms with Crippen molar-refractivity contribution in [3.8, 4) is 17.2 Å². The average molecular weight is 387 g/mol. The topological polar surface area (TPSA) is 83.7 Å². The summed E-state index contributed by atoms with van der Waals surface area (Å²) >= 11 is 0. The first-order valence-electron chi connectivity index (χ1n) is 9.78. The Labute approximate surface area is 165 Å². The SMILES string of the molecule is CCC(C)NC(=O)CN1CCN(Cc2noc(-c3ccc(OC)cc3)n2)CC1. The van der Waals surface area contributed by atoms with E-state index in [1.807, 2.05) is 31.2 Å². The van der Waals surface area contributed by atoms with Crippen LogP contribution < -0.4 is 10.1 Å². The second kappa shape index (κ2) is 9.66. The van der Waals surface area contributed by atoms with Crippen LogP contribution in [0.5, 0.6) is 5.75 Å². The smallest absolute Gasteiger partial charge is 0.257 e. The molecule has 1 saturated heterocycles. The maximum Gasteiger partial charge on any atom is 0.257 e. The lowest BCUT2D eigenvalue weighted by atomic mass is 10.2. The quantitative estimate of drug-likeness (QED) is 0.739. The third-order valence-corrected chi connectivity index (χ3v) is 5.02. The van der Waals surface area contributed by atoms with Crippen molar-refractivity contribution >= 4 is 5.91 Å². The Bertz CT molecular complexity index is 753. The van der Waals surface area contributed by atoms with Gasteiger partial charge in [-0.05, 0) is 37.6 Å². The second-order valence-electron chi connectivity index (χ2n) is 7.17. The van der Waals surface area contributed by atoms with Gasteiger partial charge in [0.25, 0.3) is 5.89 Å². The molecule has 0 bridgehead atoms. The molecule has 1 aliphatic heterocycles. The third-order valence-electron chi connectivity index (χ3n) is 5.02. The molecule has 0 radical (unpaired) electrons. The predicted molar refractivity (Wildman–Crippen MR) is 106 cm³/mol. The zero-order chi connectivity index (χ0) is 19.9. The van der Waals surface area contributed by atoms with Gasteiger partial charge in [-0.25, -0.2) is 0 Å². The van der Waals surface area contributed by atoms with Crippen molar-refractivity contribution in [2.24, 2.45) is 0 Å². The summed E-state index contributed by atoms with van der Waals surface area (Å²) in [7, 11) is 1.64. The van der Waals surface area contributed by atoms with Crippen LogP contribution in [0.3, 0.4) is 0 Å². The first-order valence-corrected chi connectivity index (χ1v) is 9.78. The molecule has 0 spiro atoms. The monoisotopic (exact) mass is 387 g/mol. The van der Waals surface area contributed by atoms with Crippen molar-refractivity contribution in [1.29, 1.82) is 0 Å². The molecule has 1 amide bonds. The minimum Gasteiger partial charge on any atom is -0.497 e. The largest absolute Gasteiger partial charge is 0.497 e. The molecule has 152 valence electrons. The number of ether oxygens (including phenoxy) is 1. The number of piperazine rings is 1. The summed E-state index contributed by atoms with van der Waals surface area (Å²) in [4.78, 5) is 21.0. The van der Waals surface area contributed by atoms with E-state index in [-0.39, 0.29) is 11.9 Å². The number of amides is 1. The van der Waals surface area contributed by atoms with E-state index >= 15 is 0 Å². The minimum absolute atomic E-state index is 0.102. The van der Waals surface area contributed by atoms with Crippen molar-refractivity contribution in [1.82, 2.24) is 25.3 Å². The summed E-state index contributed by atoms with van der Waals surface area (Å²) in [6, 6.07) is 7.77. The highest BCUT2D eigenvalue weighted by Gasteiger charge is 2.21. The van der Waals surface area contributed by atoms with Crippen molar-refractivity contribution in [2.45, 2.75) is 32.9 Å². The highest BCUT2D eigenvalue weighted by Crippen LogP contribution is 2.21. The van der Waals surface area contributed by atoms with E-state index in [4.69, 9.17) is 9.26 Å². The molecule has 1 aromatic carbocycles. The van der Waals surface area contributed by atoms with Crippen LogP contribution in [0.4, 0.5) is 0 Å². The van der Waals surface area contributed by atoms with Crippen LogP contribution in [0.25, 0.3) is 11.5 Å². The minimum atomic E-state index is 0.102. The molecule has 8 heteroatoms. The Balaban J connectivity index is 1.46. The first-order chi connectivity index (χ1) is 13.6. The van der Waals surface area contributed by atoms with E-state index < -0.39 is 0 Å². The number of nitrogens with zero attached hydrogens (tertiary/aromatic N) is 4. The van der Waals surface area contributed by atoms with Crippen LogP contribution >= 0.6 is 0 Å². The molecule has 0 aliphatic carbocycles. The fourth-order valence-electron chi connectivity index (χ4n) is 3.10. The van der Waals surface area contributed by atoms with Gasteiger partial charge in [-0.15, -0.1) is 0 Å². The van der Waals surface area contributed by atoms with Crippen LogP contribution in [-0.2, 0) is 11.3 Å². The molecule has 8 nitrogen and oxygen atoms in total. The summed E-state index contributed by atoms with van der Waals surface area (Å²) in [5, 5.41) is 7.12. The molecule has 28 heavy (non-hydrogen) atoms. The number of carbonyl (C=O) groups is 1. The number of hydrogen-bond donors (Lipinski definition) is 1. The maximum absolute atomic E-state index is 12.0. The van der Waals surface area contributed by atoms with Gasteiger partial charge in [-0.2, -0.15) is 4.98 Å². The molecule has 1 N–H and O–H groups in total. The molecule has 1 atom stereocenters. The molecule has 1 unspecified atom stereocenters. The van der Waals surface area contributed by atoms with Gasteiger partial charge in [0.15, 0.2) is 5.82 Å². The first kappa shape index (κ1) is 20.3. The van der Waals surface area contributed by atoms with Crippen LogP contribution in [0.1, 0.15) is 26.1 Å². The molecule has 1 aliphatic rings. The van der Waals surface area contributed by atoms with Gasteiger partial charge < -0.3 is 14.6 Å². The Kier molecular flexibility index (Phi) is 7.00. The number of rotatable bonds is 8. The van der Waals surface area contributed by atoms with Gasteiger partial charge in [0, 0.05) is 37.8 Å². The highest BCUT2D eigenvalue weighted by molar-refractivity contribution is 5.78. The molecule has 0 saturated carbocycles. The zero-order valence-electron chi connectivity index (χ0n) is 16.9. The zero-order valence-corrected chi connectivity index (χ0v) is 16.9. The van der Waals surface area contributed by atoms with Gasteiger partial charge in [0.2, 0.25) is 5.91 Å². The van der Waals surface area contributed by atoms with Gasteiger partial charge in [0.1, 0.15) is 5.75 Å². The highest BCUT2D eigenvalue weighted by atomic mass is 16.5. The Hall–Kier alpha value is -2.45. The summed E-state index contributed by atoms with van der Waals surface area (Å²) < 4.78 is 10.6. The standard InChI is InChI=1S/C20H29N5O3/c1-4-15(2)21-19(26)14-25-11-9-24(10-12-25)13-18-22-20(28-23-18)16-5-7-17(27-3)8-6-16/h5-8,15H,4,9-14H2,1-3H3,(H,21,26). The van der Waals surface area contributed by atoms with Gasteiger partial charge in [-0.1, -0.05) is 12.1 Å². The van der Waals surface area contributed by atoms with E-state index in [9.17, 15) is 4.79 Å². The van der Waals surface area contributed by atoms with E-state index in [0.29, 0.717) is 24.8 Å². The number of carbonyl (C=O) groups excluding carboxylic acids is 1. The van der Waals surface area contributed by atoms with Crippen LogP contribution in [0.15, 0.2) is 28.8 Å². The van der Waals surface area contributed by atoms with Crippen molar-refractivity contribution < 1.29 is 14.1 Å².